The molecule has 0 spiro atoms. The molecule has 6 heteroatoms. The van der Waals surface area contributed by atoms with Gasteiger partial charge >= 0.3 is 0 Å². The molecule has 1 unspecified atom stereocenters. The van der Waals surface area contributed by atoms with Gasteiger partial charge in [0.1, 0.15) is 17.2 Å². The third-order valence-corrected chi connectivity index (χ3v) is 5.35. The average Bonchev–Trinajstić information content (AvgIpc) is 3.08. The number of nitrogens with zero attached hydrogens (tertiary/aromatic N) is 3. The summed E-state index contributed by atoms with van der Waals surface area (Å²) < 4.78 is 28.5. The molecular formula is C24H16F2N4. The molecule has 30 heavy (non-hydrogen) atoms. The summed E-state index contributed by atoms with van der Waals surface area (Å²) in [4.78, 5) is 12.6. The third-order valence-electron chi connectivity index (χ3n) is 5.35. The lowest BCUT2D eigenvalue weighted by atomic mass is 9.77. The summed E-state index contributed by atoms with van der Waals surface area (Å²) in [5.41, 5.74) is 9.05. The molecule has 1 aliphatic heterocycles. The zero-order valence-electron chi connectivity index (χ0n) is 15.8. The molecule has 2 N–H and O–H groups in total. The maximum Gasteiger partial charge on any atom is 0.220 e. The molecule has 5 rings (SSSR count). The Morgan fingerprint density at radius 3 is 2.47 bits per heavy atom. The minimum Gasteiger partial charge on any atom is -0.383 e. The molecule has 0 aliphatic carbocycles. The van der Waals surface area contributed by atoms with Gasteiger partial charge in [0.2, 0.25) is 5.95 Å². The Hall–Kier alpha value is -3.93. The molecule has 146 valence electrons. The fourth-order valence-electron chi connectivity index (χ4n) is 4.05. The fourth-order valence-corrected chi connectivity index (χ4v) is 4.05. The van der Waals surface area contributed by atoms with Gasteiger partial charge in [0.15, 0.2) is 0 Å². The summed E-state index contributed by atoms with van der Waals surface area (Å²) in [6.07, 6.45) is 4.13. The lowest BCUT2D eigenvalue weighted by Crippen LogP contribution is -2.26. The molecule has 0 bridgehead atoms. The van der Waals surface area contributed by atoms with E-state index in [0.29, 0.717) is 22.5 Å². The van der Waals surface area contributed by atoms with E-state index in [1.807, 2.05) is 42.5 Å². The van der Waals surface area contributed by atoms with Gasteiger partial charge in [-0.05, 0) is 41.0 Å². The van der Waals surface area contributed by atoms with Crippen LogP contribution in [0.1, 0.15) is 22.3 Å². The molecule has 2 aromatic carbocycles. The number of hydrogen-bond acceptors (Lipinski definition) is 4. The highest BCUT2D eigenvalue weighted by Gasteiger charge is 2.43. The quantitative estimate of drug-likeness (QED) is 0.519. The van der Waals surface area contributed by atoms with Crippen LogP contribution in [0, 0.1) is 11.8 Å². The number of halogens is 2. The van der Waals surface area contributed by atoms with E-state index >= 15 is 0 Å². The SMILES string of the molecule is NC1=NC(c2cncc(F)c2)(c2cccc(-c3cccnc3F)c2)c2ccccc21. The summed E-state index contributed by atoms with van der Waals surface area (Å²) >= 11 is 0. The first-order valence-electron chi connectivity index (χ1n) is 9.37. The third kappa shape index (κ3) is 2.69. The van der Waals surface area contributed by atoms with Crippen LogP contribution in [0.2, 0.25) is 0 Å². The van der Waals surface area contributed by atoms with Crippen LogP contribution in [0.25, 0.3) is 11.1 Å². The monoisotopic (exact) mass is 398 g/mol. The van der Waals surface area contributed by atoms with Crippen LogP contribution in [0.3, 0.4) is 0 Å². The first kappa shape index (κ1) is 18.1. The maximum absolute atomic E-state index is 14.3. The van der Waals surface area contributed by atoms with E-state index in [0.717, 1.165) is 22.9 Å². The number of amidine groups is 1. The van der Waals surface area contributed by atoms with Crippen LogP contribution in [0.15, 0.2) is 90.3 Å². The van der Waals surface area contributed by atoms with Crippen molar-refractivity contribution in [3.8, 4) is 11.1 Å². The zero-order valence-corrected chi connectivity index (χ0v) is 15.8. The van der Waals surface area contributed by atoms with Crippen molar-refractivity contribution < 1.29 is 8.78 Å². The van der Waals surface area contributed by atoms with Crippen molar-refractivity contribution in [1.82, 2.24) is 9.97 Å². The molecule has 1 atom stereocenters. The van der Waals surface area contributed by atoms with Crippen LogP contribution >= 0.6 is 0 Å². The Morgan fingerprint density at radius 2 is 1.63 bits per heavy atom. The zero-order chi connectivity index (χ0) is 20.7. The van der Waals surface area contributed by atoms with Crippen molar-refractivity contribution >= 4 is 5.84 Å². The van der Waals surface area contributed by atoms with Crippen molar-refractivity contribution in [2.45, 2.75) is 5.54 Å². The van der Waals surface area contributed by atoms with Crippen LogP contribution in [-0.2, 0) is 5.54 Å². The fraction of sp³-hybridized carbons (Fsp3) is 0.0417. The second-order valence-corrected chi connectivity index (χ2v) is 7.07. The van der Waals surface area contributed by atoms with Crippen LogP contribution < -0.4 is 5.73 Å². The number of aliphatic imine (C=N–C) groups is 1. The molecule has 4 nitrogen and oxygen atoms in total. The van der Waals surface area contributed by atoms with E-state index < -0.39 is 17.3 Å². The number of pyridine rings is 2. The van der Waals surface area contributed by atoms with Crippen molar-refractivity contribution in [2.24, 2.45) is 10.7 Å². The molecule has 2 aromatic heterocycles. The predicted molar refractivity (Wildman–Crippen MR) is 111 cm³/mol. The molecule has 1 aliphatic rings. The topological polar surface area (TPSA) is 64.2 Å². The normalized spacial score (nSPS) is 17.5. The summed E-state index contributed by atoms with van der Waals surface area (Å²) in [6, 6.07) is 19.6. The molecule has 0 radical (unpaired) electrons. The highest BCUT2D eigenvalue weighted by Crippen LogP contribution is 2.46. The standard InChI is InChI=1S/C24H16F2N4/c25-18-12-17(13-28-14-18)24(21-9-2-1-7-20(21)23(27)30-24)16-6-3-5-15(11-16)19-8-4-10-29-22(19)26/h1-14H,(H2,27,30). The van der Waals surface area contributed by atoms with Gasteiger partial charge in [-0.25, -0.2) is 14.4 Å². The van der Waals surface area contributed by atoms with Crippen LogP contribution in [-0.4, -0.2) is 15.8 Å². The highest BCUT2D eigenvalue weighted by molar-refractivity contribution is 6.03. The second-order valence-electron chi connectivity index (χ2n) is 7.07. The Morgan fingerprint density at radius 1 is 0.800 bits per heavy atom. The van der Waals surface area contributed by atoms with E-state index in [2.05, 4.69) is 9.97 Å². The average molecular weight is 398 g/mol. The van der Waals surface area contributed by atoms with Crippen molar-refractivity contribution in [3.05, 3.63) is 119 Å². The van der Waals surface area contributed by atoms with Gasteiger partial charge in [-0.3, -0.25) is 4.98 Å². The van der Waals surface area contributed by atoms with Crippen molar-refractivity contribution in [3.63, 3.8) is 0 Å². The Labute approximate surface area is 171 Å². The van der Waals surface area contributed by atoms with Gasteiger partial charge < -0.3 is 5.73 Å². The van der Waals surface area contributed by atoms with Gasteiger partial charge in [0.05, 0.1) is 6.20 Å². The van der Waals surface area contributed by atoms with Gasteiger partial charge in [-0.2, -0.15) is 4.39 Å². The molecule has 0 amide bonds. The van der Waals surface area contributed by atoms with Gasteiger partial charge in [-0.15, -0.1) is 0 Å². The molecular weight excluding hydrogens is 382 g/mol. The van der Waals surface area contributed by atoms with Crippen LogP contribution in [0.4, 0.5) is 8.78 Å². The largest absolute Gasteiger partial charge is 0.383 e. The van der Waals surface area contributed by atoms with E-state index in [1.54, 1.807) is 24.4 Å². The first-order chi connectivity index (χ1) is 14.6. The predicted octanol–water partition coefficient (Wildman–Crippen LogP) is 4.43. The second kappa shape index (κ2) is 6.84. The molecule has 4 aromatic rings. The van der Waals surface area contributed by atoms with E-state index in [-0.39, 0.29) is 0 Å². The lowest BCUT2D eigenvalue weighted by molar-refractivity contribution is 0.587. The van der Waals surface area contributed by atoms with Gasteiger partial charge in [0.25, 0.3) is 0 Å². The Kier molecular flexibility index (Phi) is 4.13. The Bertz CT molecular complexity index is 1300. The number of nitrogens with two attached hydrogens (primary N) is 1. The lowest BCUT2D eigenvalue weighted by Gasteiger charge is -2.29. The summed E-state index contributed by atoms with van der Waals surface area (Å²) in [5.74, 6) is -0.682. The smallest absolute Gasteiger partial charge is 0.220 e. The van der Waals surface area contributed by atoms with E-state index in [1.165, 1.54) is 12.3 Å². The summed E-state index contributed by atoms with van der Waals surface area (Å²) in [5, 5.41) is 0. The Balaban J connectivity index is 1.81. The molecule has 0 fully saturated rings. The minimum absolute atomic E-state index is 0.354. The number of rotatable bonds is 3. The summed E-state index contributed by atoms with van der Waals surface area (Å²) in [7, 11) is 0. The van der Waals surface area contributed by atoms with Gasteiger partial charge in [0, 0.05) is 29.1 Å². The van der Waals surface area contributed by atoms with Crippen molar-refractivity contribution in [2.75, 3.05) is 0 Å². The minimum atomic E-state index is -1.09. The van der Waals surface area contributed by atoms with E-state index in [9.17, 15) is 8.78 Å². The number of hydrogen-bond donors (Lipinski definition) is 1. The maximum atomic E-state index is 14.3. The molecule has 0 saturated heterocycles. The van der Waals surface area contributed by atoms with Gasteiger partial charge in [-0.1, -0.05) is 42.5 Å². The number of benzene rings is 2. The highest BCUT2D eigenvalue weighted by atomic mass is 19.1. The van der Waals surface area contributed by atoms with Crippen molar-refractivity contribution in [1.29, 1.82) is 0 Å². The molecule has 3 heterocycles. The molecule has 0 saturated carbocycles. The van der Waals surface area contributed by atoms with E-state index in [4.69, 9.17) is 10.7 Å². The number of fused-ring (bicyclic) bond motifs is 1. The summed E-state index contributed by atoms with van der Waals surface area (Å²) in [6.45, 7) is 0. The number of aromatic nitrogens is 2. The first-order valence-corrected chi connectivity index (χ1v) is 9.37. The van der Waals surface area contributed by atoms with Crippen LogP contribution in [0.5, 0.6) is 0 Å².